The highest BCUT2D eigenvalue weighted by Gasteiger charge is 2.23. The zero-order chi connectivity index (χ0) is 19.4. The lowest BCUT2D eigenvalue weighted by atomic mass is 10.1. The number of hydrogen-bond acceptors (Lipinski definition) is 5. The Bertz CT molecular complexity index is 799. The predicted molar refractivity (Wildman–Crippen MR) is 104 cm³/mol. The van der Waals surface area contributed by atoms with E-state index in [1.165, 1.54) is 13.8 Å². The maximum absolute atomic E-state index is 14.2. The first kappa shape index (κ1) is 25.1. The number of nitrogens with two attached hydrogens (primary N) is 1. The smallest absolute Gasteiger partial charge is 0.240 e. The Morgan fingerprint density at radius 1 is 1.12 bits per heavy atom. The topological polar surface area (TPSA) is 118 Å². The second kappa shape index (κ2) is 9.84. The van der Waals surface area contributed by atoms with Crippen LogP contribution < -0.4 is 15.2 Å². The van der Waals surface area contributed by atoms with Crippen molar-refractivity contribution in [2.45, 2.75) is 50.3 Å². The summed E-state index contributed by atoms with van der Waals surface area (Å²) in [6.07, 6.45) is 0.546. The van der Waals surface area contributed by atoms with E-state index in [2.05, 4.69) is 9.44 Å². The number of halogens is 2. The fourth-order valence-electron chi connectivity index (χ4n) is 2.07. The van der Waals surface area contributed by atoms with Gasteiger partial charge in [-0.3, -0.25) is 4.72 Å². The lowest BCUT2D eigenvalue weighted by molar-refractivity contribution is 0.465. The molecule has 1 rings (SSSR count). The molecule has 0 heterocycles. The fourth-order valence-corrected chi connectivity index (χ4v) is 4.05. The first-order chi connectivity index (χ1) is 11.4. The molecule has 1 aromatic carbocycles. The van der Waals surface area contributed by atoms with Crippen LogP contribution >= 0.6 is 12.4 Å². The van der Waals surface area contributed by atoms with Crippen molar-refractivity contribution in [1.82, 2.24) is 4.72 Å². The Kier molecular flexibility index (Phi) is 9.48. The van der Waals surface area contributed by atoms with E-state index in [-0.39, 0.29) is 35.5 Å². The largest absolute Gasteiger partial charge is 0.329 e. The highest BCUT2D eigenvalue weighted by atomic mass is 35.5. The molecule has 0 aromatic heterocycles. The van der Waals surface area contributed by atoms with E-state index in [4.69, 9.17) is 5.73 Å². The summed E-state index contributed by atoms with van der Waals surface area (Å²) in [6, 6.07) is 2.55. The third-order valence-electron chi connectivity index (χ3n) is 3.49. The molecule has 11 heteroatoms. The van der Waals surface area contributed by atoms with Gasteiger partial charge in [-0.1, -0.05) is 13.8 Å². The number of hydrogen-bond donors (Lipinski definition) is 3. The summed E-state index contributed by atoms with van der Waals surface area (Å²) in [5.41, 5.74) is 5.28. The Balaban J connectivity index is 0.00000625. The first-order valence-corrected chi connectivity index (χ1v) is 11.0. The highest BCUT2D eigenvalue weighted by molar-refractivity contribution is 7.93. The number of rotatable bonds is 9. The normalized spacial score (nSPS) is 13.5. The van der Waals surface area contributed by atoms with Gasteiger partial charge in [-0.05, 0) is 44.4 Å². The summed E-state index contributed by atoms with van der Waals surface area (Å²) in [5, 5.41) is -0.752. The van der Waals surface area contributed by atoms with Gasteiger partial charge in [0.1, 0.15) is 5.82 Å². The summed E-state index contributed by atoms with van der Waals surface area (Å²) < 4.78 is 67.0. The van der Waals surface area contributed by atoms with Crippen molar-refractivity contribution in [1.29, 1.82) is 0 Å². The molecule has 0 bridgehead atoms. The molecule has 0 amide bonds. The van der Waals surface area contributed by atoms with Gasteiger partial charge in [-0.25, -0.2) is 25.9 Å². The van der Waals surface area contributed by atoms with Crippen LogP contribution in [0.25, 0.3) is 0 Å². The van der Waals surface area contributed by atoms with Crippen molar-refractivity contribution in [3.05, 3.63) is 24.0 Å². The van der Waals surface area contributed by atoms with Crippen molar-refractivity contribution in [2.75, 3.05) is 11.3 Å². The molecule has 1 aromatic rings. The number of benzene rings is 1. The molecule has 0 aliphatic rings. The first-order valence-electron chi connectivity index (χ1n) is 7.92. The van der Waals surface area contributed by atoms with Crippen LogP contribution in [-0.2, 0) is 20.0 Å². The molecular formula is C15H27ClFN3O4S2. The van der Waals surface area contributed by atoms with Gasteiger partial charge in [0.2, 0.25) is 20.0 Å². The van der Waals surface area contributed by atoms with Crippen LogP contribution in [0.1, 0.15) is 34.1 Å². The standard InChI is InChI=1S/C15H26FN3O4S2.ClH/c1-10(2)7-12(9-17)18-25(22,23)13-5-6-15(14(16)8-13)19-24(20,21)11(3)4;/h5-6,8,10-12,18-19H,7,9,17H2,1-4H3;1H. The summed E-state index contributed by atoms with van der Waals surface area (Å²) in [4.78, 5) is -0.292. The molecule has 7 nitrogen and oxygen atoms in total. The Morgan fingerprint density at radius 3 is 2.12 bits per heavy atom. The molecular weight excluding hydrogens is 405 g/mol. The van der Waals surface area contributed by atoms with Gasteiger partial charge in [0.05, 0.1) is 15.8 Å². The molecule has 0 radical (unpaired) electrons. The molecule has 0 saturated carbocycles. The Hall–Kier alpha value is -0.940. The third-order valence-corrected chi connectivity index (χ3v) is 6.75. The summed E-state index contributed by atoms with van der Waals surface area (Å²) >= 11 is 0. The zero-order valence-electron chi connectivity index (χ0n) is 15.2. The monoisotopic (exact) mass is 431 g/mol. The van der Waals surface area contributed by atoms with E-state index in [9.17, 15) is 21.2 Å². The minimum Gasteiger partial charge on any atom is -0.329 e. The van der Waals surface area contributed by atoms with Crippen LogP contribution in [0, 0.1) is 11.7 Å². The number of anilines is 1. The lowest BCUT2D eigenvalue weighted by Gasteiger charge is -2.19. The maximum atomic E-state index is 14.2. The molecule has 0 aliphatic carbocycles. The van der Waals surface area contributed by atoms with Crippen LogP contribution in [0.2, 0.25) is 0 Å². The quantitative estimate of drug-likeness (QED) is 0.552. The van der Waals surface area contributed by atoms with Crippen molar-refractivity contribution in [3.63, 3.8) is 0 Å². The predicted octanol–water partition coefficient (Wildman–Crippen LogP) is 2.05. The van der Waals surface area contributed by atoms with E-state index in [0.29, 0.717) is 6.42 Å². The third kappa shape index (κ3) is 6.99. The molecule has 4 N–H and O–H groups in total. The van der Waals surface area contributed by atoms with E-state index in [1.54, 1.807) is 0 Å². The van der Waals surface area contributed by atoms with Crippen molar-refractivity contribution >= 4 is 38.1 Å². The number of sulfonamides is 2. The van der Waals surface area contributed by atoms with E-state index >= 15 is 0 Å². The minimum atomic E-state index is -3.96. The van der Waals surface area contributed by atoms with Crippen LogP contribution in [0.3, 0.4) is 0 Å². The molecule has 0 spiro atoms. The SMILES string of the molecule is CC(C)CC(CN)NS(=O)(=O)c1ccc(NS(=O)(=O)C(C)C)c(F)c1.Cl. The minimum absolute atomic E-state index is 0. The van der Waals surface area contributed by atoms with Crippen molar-refractivity contribution in [2.24, 2.45) is 11.7 Å². The average molecular weight is 432 g/mol. The molecule has 152 valence electrons. The van der Waals surface area contributed by atoms with Gasteiger partial charge in [0, 0.05) is 12.6 Å². The summed E-state index contributed by atoms with van der Waals surface area (Å²) in [5.74, 6) is -0.735. The molecule has 1 unspecified atom stereocenters. The van der Waals surface area contributed by atoms with Crippen LogP contribution in [0.15, 0.2) is 23.1 Å². The molecule has 26 heavy (non-hydrogen) atoms. The lowest BCUT2D eigenvalue weighted by Crippen LogP contribution is -2.41. The fraction of sp³-hybridized carbons (Fsp3) is 0.600. The van der Waals surface area contributed by atoms with Gasteiger partial charge in [0.15, 0.2) is 0 Å². The summed E-state index contributed by atoms with van der Waals surface area (Å²) in [6.45, 7) is 6.89. The highest BCUT2D eigenvalue weighted by Crippen LogP contribution is 2.21. The van der Waals surface area contributed by atoms with Gasteiger partial charge >= 0.3 is 0 Å². The van der Waals surface area contributed by atoms with Gasteiger partial charge in [-0.2, -0.15) is 0 Å². The molecule has 0 saturated heterocycles. The molecule has 1 atom stereocenters. The van der Waals surface area contributed by atoms with Crippen molar-refractivity contribution < 1.29 is 21.2 Å². The van der Waals surface area contributed by atoms with Gasteiger partial charge < -0.3 is 5.73 Å². The van der Waals surface area contributed by atoms with Gasteiger partial charge in [-0.15, -0.1) is 12.4 Å². The summed E-state index contributed by atoms with van der Waals surface area (Å²) in [7, 11) is -7.69. The Labute approximate surface area is 161 Å². The molecule has 0 aliphatic heterocycles. The Morgan fingerprint density at radius 2 is 1.69 bits per heavy atom. The zero-order valence-corrected chi connectivity index (χ0v) is 17.6. The van der Waals surface area contributed by atoms with Crippen LogP contribution in [0.4, 0.5) is 10.1 Å². The second-order valence-electron chi connectivity index (χ2n) is 6.52. The maximum Gasteiger partial charge on any atom is 0.240 e. The van der Waals surface area contributed by atoms with Crippen molar-refractivity contribution in [3.8, 4) is 0 Å². The van der Waals surface area contributed by atoms with E-state index < -0.39 is 37.2 Å². The van der Waals surface area contributed by atoms with E-state index in [0.717, 1.165) is 18.2 Å². The van der Waals surface area contributed by atoms with Gasteiger partial charge in [0.25, 0.3) is 0 Å². The second-order valence-corrected chi connectivity index (χ2v) is 10.5. The molecule has 0 fully saturated rings. The van der Waals surface area contributed by atoms with Crippen LogP contribution in [-0.4, -0.2) is 34.7 Å². The van der Waals surface area contributed by atoms with E-state index in [1.807, 2.05) is 13.8 Å². The van der Waals surface area contributed by atoms with Crippen LogP contribution in [0.5, 0.6) is 0 Å². The average Bonchev–Trinajstić information content (AvgIpc) is 2.47. The number of nitrogens with one attached hydrogen (secondary N) is 2.